The first-order chi connectivity index (χ1) is 11.7. The molecule has 1 aromatic carbocycles. The number of nitrogens with one attached hydrogen (secondary N) is 1. The third-order valence-corrected chi connectivity index (χ3v) is 5.82. The number of carbonyl (C=O) groups is 2. The maximum atomic E-state index is 12.7. The highest BCUT2D eigenvalue weighted by Gasteiger charge is 2.60. The van der Waals surface area contributed by atoms with E-state index in [1.54, 1.807) is 0 Å². The van der Waals surface area contributed by atoms with Crippen LogP contribution in [0.4, 0.5) is 0 Å². The average Bonchev–Trinajstić information content (AvgIpc) is 2.99. The van der Waals surface area contributed by atoms with Gasteiger partial charge in [-0.2, -0.15) is 0 Å². The van der Waals surface area contributed by atoms with Gasteiger partial charge in [0.05, 0.1) is 13.0 Å². The molecule has 4 atom stereocenters. The van der Waals surface area contributed by atoms with Crippen molar-refractivity contribution >= 4 is 11.9 Å². The van der Waals surface area contributed by atoms with Gasteiger partial charge in [-0.05, 0) is 61.4 Å². The number of nitrogens with zero attached hydrogens (tertiary/aromatic N) is 1. The molecule has 1 amide bonds. The largest absolute Gasteiger partial charge is 0.469 e. The fourth-order valence-electron chi connectivity index (χ4n) is 4.41. The van der Waals surface area contributed by atoms with E-state index in [-0.39, 0.29) is 17.8 Å². The van der Waals surface area contributed by atoms with E-state index in [1.807, 2.05) is 23.1 Å². The van der Waals surface area contributed by atoms with E-state index >= 15 is 0 Å². The number of ether oxygens (including phenoxy) is 1. The summed E-state index contributed by atoms with van der Waals surface area (Å²) in [6.45, 7) is 3.53. The quantitative estimate of drug-likeness (QED) is 0.847. The van der Waals surface area contributed by atoms with Crippen LogP contribution in [0.1, 0.15) is 22.3 Å². The second-order valence-electron chi connectivity index (χ2n) is 7.35. The molecule has 4 rings (SSSR count). The number of methoxy groups -OCH3 is 1. The van der Waals surface area contributed by atoms with Crippen molar-refractivity contribution in [3.05, 3.63) is 35.4 Å². The van der Waals surface area contributed by atoms with Crippen molar-refractivity contribution in [3.63, 3.8) is 0 Å². The van der Waals surface area contributed by atoms with E-state index in [1.165, 1.54) is 19.1 Å². The van der Waals surface area contributed by atoms with Crippen LogP contribution in [0.2, 0.25) is 0 Å². The van der Waals surface area contributed by atoms with Gasteiger partial charge < -0.3 is 15.0 Å². The first-order valence-electron chi connectivity index (χ1n) is 8.84. The molecule has 5 heteroatoms. The number of hydrogen-bond acceptors (Lipinski definition) is 4. The van der Waals surface area contributed by atoms with Crippen LogP contribution >= 0.6 is 0 Å². The van der Waals surface area contributed by atoms with Crippen LogP contribution in [0.3, 0.4) is 0 Å². The lowest BCUT2D eigenvalue weighted by Crippen LogP contribution is -2.32. The zero-order chi connectivity index (χ0) is 16.7. The molecule has 2 saturated heterocycles. The van der Waals surface area contributed by atoms with Crippen LogP contribution < -0.4 is 5.32 Å². The summed E-state index contributed by atoms with van der Waals surface area (Å²) in [6.07, 6.45) is 2.24. The van der Waals surface area contributed by atoms with Gasteiger partial charge in [0.15, 0.2) is 0 Å². The second kappa shape index (κ2) is 6.20. The molecule has 2 aliphatic heterocycles. The summed E-state index contributed by atoms with van der Waals surface area (Å²) in [5.41, 5.74) is 2.01. The van der Waals surface area contributed by atoms with Gasteiger partial charge in [-0.3, -0.25) is 9.59 Å². The number of amides is 1. The first-order valence-corrected chi connectivity index (χ1v) is 8.84. The molecule has 0 radical (unpaired) electrons. The standard InChI is InChI=1S/C19H24N2O3/c1-24-19(23)17-15-10-21(11-16(15)17)18(22)14-4-2-3-12(8-14)7-13-5-6-20-9-13/h2-4,8,13,15-17,20H,5-7,9-11H2,1H3/t13?,15-,16+,17?. The summed E-state index contributed by atoms with van der Waals surface area (Å²) in [5.74, 6) is 1.26. The van der Waals surface area contributed by atoms with Crippen LogP contribution in [0, 0.1) is 23.7 Å². The summed E-state index contributed by atoms with van der Waals surface area (Å²) in [4.78, 5) is 26.3. The molecule has 2 heterocycles. The third-order valence-electron chi connectivity index (χ3n) is 5.82. The lowest BCUT2D eigenvalue weighted by Gasteiger charge is -2.20. The average molecular weight is 328 g/mol. The highest BCUT2D eigenvalue weighted by Crippen LogP contribution is 2.52. The number of hydrogen-bond donors (Lipinski definition) is 1. The topological polar surface area (TPSA) is 58.6 Å². The minimum Gasteiger partial charge on any atom is -0.469 e. The van der Waals surface area contributed by atoms with E-state index in [2.05, 4.69) is 11.4 Å². The Morgan fingerprint density at radius 3 is 2.75 bits per heavy atom. The molecule has 2 unspecified atom stereocenters. The zero-order valence-corrected chi connectivity index (χ0v) is 14.0. The molecule has 1 saturated carbocycles. The first kappa shape index (κ1) is 15.6. The fraction of sp³-hybridized carbons (Fsp3) is 0.579. The van der Waals surface area contributed by atoms with Gasteiger partial charge in [0.25, 0.3) is 5.91 Å². The fourth-order valence-corrected chi connectivity index (χ4v) is 4.41. The number of esters is 1. The maximum Gasteiger partial charge on any atom is 0.309 e. The number of carbonyl (C=O) groups excluding carboxylic acids is 2. The minimum absolute atomic E-state index is 0.0141. The van der Waals surface area contributed by atoms with Crippen molar-refractivity contribution in [1.29, 1.82) is 0 Å². The summed E-state index contributed by atoms with van der Waals surface area (Å²) in [7, 11) is 1.44. The van der Waals surface area contributed by atoms with Crippen LogP contribution in [-0.4, -0.2) is 50.1 Å². The van der Waals surface area contributed by atoms with Gasteiger partial charge in [-0.1, -0.05) is 12.1 Å². The van der Waals surface area contributed by atoms with Gasteiger partial charge in [-0.15, -0.1) is 0 Å². The monoisotopic (exact) mass is 328 g/mol. The molecule has 128 valence electrons. The highest BCUT2D eigenvalue weighted by atomic mass is 16.5. The van der Waals surface area contributed by atoms with Crippen LogP contribution in [0.25, 0.3) is 0 Å². The molecule has 1 N–H and O–H groups in total. The number of likely N-dealkylation sites (tertiary alicyclic amines) is 1. The van der Waals surface area contributed by atoms with Crippen molar-refractivity contribution in [2.45, 2.75) is 12.8 Å². The van der Waals surface area contributed by atoms with Crippen molar-refractivity contribution in [3.8, 4) is 0 Å². The Balaban J connectivity index is 1.38. The number of piperidine rings is 1. The minimum atomic E-state index is -0.121. The Labute approximate surface area is 142 Å². The molecule has 1 aliphatic carbocycles. The highest BCUT2D eigenvalue weighted by molar-refractivity contribution is 5.95. The Bertz CT molecular complexity index is 642. The molecular formula is C19H24N2O3. The van der Waals surface area contributed by atoms with E-state index in [0.717, 1.165) is 25.1 Å². The van der Waals surface area contributed by atoms with E-state index in [9.17, 15) is 9.59 Å². The number of benzene rings is 1. The second-order valence-corrected chi connectivity index (χ2v) is 7.35. The van der Waals surface area contributed by atoms with Gasteiger partial charge in [0.1, 0.15) is 0 Å². The molecule has 0 aromatic heterocycles. The summed E-state index contributed by atoms with van der Waals surface area (Å²) < 4.78 is 4.82. The zero-order valence-electron chi connectivity index (χ0n) is 14.0. The van der Waals surface area contributed by atoms with Gasteiger partial charge in [-0.25, -0.2) is 0 Å². The Kier molecular flexibility index (Phi) is 4.04. The Morgan fingerprint density at radius 2 is 2.08 bits per heavy atom. The van der Waals surface area contributed by atoms with Crippen LogP contribution in [0.5, 0.6) is 0 Å². The van der Waals surface area contributed by atoms with Crippen LogP contribution in [-0.2, 0) is 16.0 Å². The molecule has 3 aliphatic rings. The van der Waals surface area contributed by atoms with Crippen molar-refractivity contribution in [2.75, 3.05) is 33.3 Å². The normalized spacial score (nSPS) is 31.0. The Morgan fingerprint density at radius 1 is 1.29 bits per heavy atom. The SMILES string of the molecule is COC(=O)C1[C@H]2CN(C(=O)c3cccc(CC4CCNC4)c3)C[C@@H]12. The lowest BCUT2D eigenvalue weighted by molar-refractivity contribution is -0.143. The summed E-state index contributed by atoms with van der Waals surface area (Å²) in [5, 5.41) is 3.39. The van der Waals surface area contributed by atoms with Crippen LogP contribution in [0.15, 0.2) is 24.3 Å². The lowest BCUT2D eigenvalue weighted by atomic mass is 9.97. The number of fused-ring (bicyclic) bond motifs is 1. The molecule has 0 spiro atoms. The third kappa shape index (κ3) is 2.81. The molecule has 1 aromatic rings. The van der Waals surface area contributed by atoms with Gasteiger partial charge >= 0.3 is 5.97 Å². The van der Waals surface area contributed by atoms with E-state index in [4.69, 9.17) is 4.74 Å². The summed E-state index contributed by atoms with van der Waals surface area (Å²) in [6, 6.07) is 8.05. The van der Waals surface area contributed by atoms with Gasteiger partial charge in [0, 0.05) is 18.7 Å². The van der Waals surface area contributed by atoms with E-state index < -0.39 is 0 Å². The van der Waals surface area contributed by atoms with Gasteiger partial charge in [0.2, 0.25) is 0 Å². The summed E-state index contributed by atoms with van der Waals surface area (Å²) >= 11 is 0. The predicted octanol–water partition coefficient (Wildman–Crippen LogP) is 1.33. The molecule has 0 bridgehead atoms. The molecule has 3 fully saturated rings. The molecule has 5 nitrogen and oxygen atoms in total. The van der Waals surface area contributed by atoms with Crippen molar-refractivity contribution < 1.29 is 14.3 Å². The number of rotatable bonds is 4. The van der Waals surface area contributed by atoms with E-state index in [0.29, 0.717) is 30.8 Å². The molecular weight excluding hydrogens is 304 g/mol. The Hall–Kier alpha value is -1.88. The smallest absolute Gasteiger partial charge is 0.309 e. The van der Waals surface area contributed by atoms with Crippen molar-refractivity contribution in [2.24, 2.45) is 23.7 Å². The maximum absolute atomic E-state index is 12.7. The molecule has 24 heavy (non-hydrogen) atoms. The predicted molar refractivity (Wildman–Crippen MR) is 89.5 cm³/mol. The van der Waals surface area contributed by atoms with Crippen molar-refractivity contribution in [1.82, 2.24) is 10.2 Å².